The van der Waals surface area contributed by atoms with Gasteiger partial charge in [0.05, 0.1) is 12.0 Å². The van der Waals surface area contributed by atoms with Crippen LogP contribution in [-0.2, 0) is 9.53 Å². The van der Waals surface area contributed by atoms with Gasteiger partial charge < -0.3 is 4.74 Å². The third-order valence-electron chi connectivity index (χ3n) is 2.60. The molecule has 0 aliphatic carbocycles. The summed E-state index contributed by atoms with van der Waals surface area (Å²) in [6, 6.07) is 0. The second kappa shape index (κ2) is 7.63. The van der Waals surface area contributed by atoms with Crippen LogP contribution in [0.25, 0.3) is 0 Å². The van der Waals surface area contributed by atoms with E-state index in [9.17, 15) is 4.79 Å². The third kappa shape index (κ3) is 6.61. The molecule has 102 valence electrons. The van der Waals surface area contributed by atoms with Crippen LogP contribution in [0.5, 0.6) is 0 Å². The second-order valence-electron chi connectivity index (χ2n) is 5.48. The Morgan fingerprint density at radius 2 is 2.06 bits per heavy atom. The molecule has 1 amide bonds. The maximum absolute atomic E-state index is 11.6. The number of carbonyl (C=O) groups excluding carboxylic acids is 1. The molecule has 0 aromatic carbocycles. The summed E-state index contributed by atoms with van der Waals surface area (Å²) >= 11 is 0. The van der Waals surface area contributed by atoms with Crippen LogP contribution < -0.4 is 11.3 Å². The van der Waals surface area contributed by atoms with Gasteiger partial charge in [-0.1, -0.05) is 13.8 Å². The fourth-order valence-electron chi connectivity index (χ4n) is 1.80. The summed E-state index contributed by atoms with van der Waals surface area (Å²) in [5, 5.41) is 0. The van der Waals surface area contributed by atoms with Crippen LogP contribution in [0.2, 0.25) is 0 Å². The maximum atomic E-state index is 11.6. The van der Waals surface area contributed by atoms with Crippen molar-refractivity contribution in [2.75, 3.05) is 33.4 Å². The van der Waals surface area contributed by atoms with Crippen molar-refractivity contribution in [2.45, 2.75) is 27.7 Å². The monoisotopic (exact) mass is 245 g/mol. The lowest BCUT2D eigenvalue weighted by Crippen LogP contribution is -2.48. The van der Waals surface area contributed by atoms with E-state index in [0.717, 1.165) is 13.1 Å². The molecule has 17 heavy (non-hydrogen) atoms. The molecular formula is C12H27N3O2. The Morgan fingerprint density at radius 3 is 2.47 bits per heavy atom. The molecule has 0 heterocycles. The summed E-state index contributed by atoms with van der Waals surface area (Å²) in [6.45, 7) is 11.3. The van der Waals surface area contributed by atoms with Gasteiger partial charge in [-0.15, -0.1) is 0 Å². The molecule has 5 heteroatoms. The SMILES string of the molecule is COCCN(CC(C)C)CC(C)(C)C(=O)NN. The highest BCUT2D eigenvalue weighted by Crippen LogP contribution is 2.17. The van der Waals surface area contributed by atoms with Gasteiger partial charge in [-0.05, 0) is 19.8 Å². The van der Waals surface area contributed by atoms with Crippen LogP contribution in [-0.4, -0.2) is 44.2 Å². The zero-order valence-electron chi connectivity index (χ0n) is 11.7. The van der Waals surface area contributed by atoms with E-state index in [1.54, 1.807) is 7.11 Å². The number of nitrogens with zero attached hydrogens (tertiary/aromatic N) is 1. The van der Waals surface area contributed by atoms with E-state index >= 15 is 0 Å². The van der Waals surface area contributed by atoms with Crippen molar-refractivity contribution in [1.29, 1.82) is 0 Å². The number of hydrogen-bond acceptors (Lipinski definition) is 4. The zero-order chi connectivity index (χ0) is 13.5. The van der Waals surface area contributed by atoms with Crippen molar-refractivity contribution in [3.8, 4) is 0 Å². The molecule has 5 nitrogen and oxygen atoms in total. The Labute approximate surface area is 105 Å². The molecular weight excluding hydrogens is 218 g/mol. The lowest BCUT2D eigenvalue weighted by atomic mass is 9.91. The van der Waals surface area contributed by atoms with Gasteiger partial charge in [0.1, 0.15) is 0 Å². The average molecular weight is 245 g/mol. The highest BCUT2D eigenvalue weighted by atomic mass is 16.5. The summed E-state index contributed by atoms with van der Waals surface area (Å²) < 4.78 is 5.09. The maximum Gasteiger partial charge on any atom is 0.240 e. The molecule has 0 saturated heterocycles. The van der Waals surface area contributed by atoms with E-state index in [1.165, 1.54) is 0 Å². The van der Waals surface area contributed by atoms with Gasteiger partial charge in [0, 0.05) is 26.7 Å². The molecule has 0 rings (SSSR count). The number of hydrazine groups is 1. The number of ether oxygens (including phenoxy) is 1. The van der Waals surface area contributed by atoms with Crippen molar-refractivity contribution in [1.82, 2.24) is 10.3 Å². The molecule has 0 radical (unpaired) electrons. The molecule has 3 N–H and O–H groups in total. The van der Waals surface area contributed by atoms with E-state index in [2.05, 4.69) is 24.2 Å². The predicted molar refractivity (Wildman–Crippen MR) is 69.3 cm³/mol. The molecule has 0 unspecified atom stereocenters. The molecule has 0 saturated carbocycles. The van der Waals surface area contributed by atoms with Crippen LogP contribution in [0.4, 0.5) is 0 Å². The van der Waals surface area contributed by atoms with E-state index in [-0.39, 0.29) is 5.91 Å². The van der Waals surface area contributed by atoms with Crippen LogP contribution >= 0.6 is 0 Å². The minimum atomic E-state index is -0.489. The largest absolute Gasteiger partial charge is 0.383 e. The predicted octanol–water partition coefficient (Wildman–Crippen LogP) is 0.607. The van der Waals surface area contributed by atoms with Crippen molar-refractivity contribution in [3.05, 3.63) is 0 Å². The van der Waals surface area contributed by atoms with Crippen molar-refractivity contribution >= 4 is 5.91 Å². The van der Waals surface area contributed by atoms with Gasteiger partial charge in [-0.2, -0.15) is 0 Å². The number of nitrogens with two attached hydrogens (primary N) is 1. The van der Waals surface area contributed by atoms with E-state index < -0.39 is 5.41 Å². The molecule has 0 bridgehead atoms. The van der Waals surface area contributed by atoms with Gasteiger partial charge in [-0.3, -0.25) is 15.1 Å². The lowest BCUT2D eigenvalue weighted by molar-refractivity contribution is -0.130. The van der Waals surface area contributed by atoms with Crippen molar-refractivity contribution < 1.29 is 9.53 Å². The topological polar surface area (TPSA) is 67.6 Å². The molecule has 0 aromatic rings. The second-order valence-corrected chi connectivity index (χ2v) is 5.48. The fraction of sp³-hybridized carbons (Fsp3) is 0.917. The normalized spacial score (nSPS) is 12.2. The summed E-state index contributed by atoms with van der Waals surface area (Å²) in [4.78, 5) is 13.9. The van der Waals surface area contributed by atoms with Crippen LogP contribution in [0.1, 0.15) is 27.7 Å². The first-order chi connectivity index (χ1) is 7.83. The standard InChI is InChI=1S/C12H27N3O2/c1-10(2)8-15(6-7-17-5)9-12(3,4)11(16)14-13/h10H,6-9,13H2,1-5H3,(H,14,16). The van der Waals surface area contributed by atoms with E-state index in [4.69, 9.17) is 10.6 Å². The Morgan fingerprint density at radius 1 is 1.47 bits per heavy atom. The Hall–Kier alpha value is -0.650. The van der Waals surface area contributed by atoms with Crippen LogP contribution in [0.15, 0.2) is 0 Å². The molecule has 0 fully saturated rings. The molecule has 0 atom stereocenters. The average Bonchev–Trinajstić information content (AvgIpc) is 2.23. The lowest BCUT2D eigenvalue weighted by Gasteiger charge is -2.32. The Kier molecular flexibility index (Phi) is 7.34. The van der Waals surface area contributed by atoms with Gasteiger partial charge in [-0.25, -0.2) is 5.84 Å². The van der Waals surface area contributed by atoms with Gasteiger partial charge in [0.25, 0.3) is 0 Å². The van der Waals surface area contributed by atoms with E-state index in [1.807, 2.05) is 13.8 Å². The summed E-state index contributed by atoms with van der Waals surface area (Å²) in [6.07, 6.45) is 0. The fourth-order valence-corrected chi connectivity index (χ4v) is 1.80. The first-order valence-electron chi connectivity index (χ1n) is 6.05. The first-order valence-corrected chi connectivity index (χ1v) is 6.05. The zero-order valence-corrected chi connectivity index (χ0v) is 11.7. The van der Waals surface area contributed by atoms with Gasteiger partial charge in [0.15, 0.2) is 0 Å². The van der Waals surface area contributed by atoms with Gasteiger partial charge in [0.2, 0.25) is 5.91 Å². The summed E-state index contributed by atoms with van der Waals surface area (Å²) in [5.41, 5.74) is 1.73. The summed E-state index contributed by atoms with van der Waals surface area (Å²) in [7, 11) is 1.69. The number of amides is 1. The number of hydrogen-bond donors (Lipinski definition) is 2. The number of nitrogens with one attached hydrogen (secondary N) is 1. The smallest absolute Gasteiger partial charge is 0.240 e. The molecule has 0 aliphatic heterocycles. The quantitative estimate of drug-likeness (QED) is 0.373. The minimum Gasteiger partial charge on any atom is -0.383 e. The molecule has 0 aliphatic rings. The number of rotatable bonds is 8. The van der Waals surface area contributed by atoms with Crippen LogP contribution in [0, 0.1) is 11.3 Å². The number of methoxy groups -OCH3 is 1. The van der Waals surface area contributed by atoms with E-state index in [0.29, 0.717) is 19.1 Å². The highest BCUT2D eigenvalue weighted by molar-refractivity contribution is 5.81. The molecule has 0 spiro atoms. The van der Waals surface area contributed by atoms with Crippen LogP contribution in [0.3, 0.4) is 0 Å². The van der Waals surface area contributed by atoms with Crippen molar-refractivity contribution in [3.63, 3.8) is 0 Å². The van der Waals surface area contributed by atoms with Crippen molar-refractivity contribution in [2.24, 2.45) is 17.2 Å². The Balaban J connectivity index is 4.44. The Bertz CT molecular complexity index is 230. The third-order valence-corrected chi connectivity index (χ3v) is 2.60. The minimum absolute atomic E-state index is 0.135. The van der Waals surface area contributed by atoms with Gasteiger partial charge >= 0.3 is 0 Å². The summed E-state index contributed by atoms with van der Waals surface area (Å²) in [5.74, 6) is 5.62. The highest BCUT2D eigenvalue weighted by Gasteiger charge is 2.29. The molecule has 0 aromatic heterocycles. The first kappa shape index (κ1) is 16.4. The number of carbonyl (C=O) groups is 1.